The zero-order valence-electron chi connectivity index (χ0n) is 23.0. The average molecular weight is 560 g/mol. The van der Waals surface area contributed by atoms with Gasteiger partial charge < -0.3 is 24.8 Å². The van der Waals surface area contributed by atoms with E-state index in [1.165, 1.54) is 0 Å². The molecule has 1 saturated heterocycles. The van der Waals surface area contributed by atoms with Gasteiger partial charge in [-0.2, -0.15) is 0 Å². The molecule has 0 saturated carbocycles. The fraction of sp³-hybridized carbons (Fsp3) is 0.323. The topological polar surface area (TPSA) is 90.6 Å². The first-order valence-electron chi connectivity index (χ1n) is 13.5. The van der Waals surface area contributed by atoms with Crippen molar-refractivity contribution >= 4 is 40.3 Å². The molecule has 2 aromatic heterocycles. The molecule has 2 amide bonds. The van der Waals surface area contributed by atoms with E-state index in [-0.39, 0.29) is 5.91 Å². The summed E-state index contributed by atoms with van der Waals surface area (Å²) in [6.45, 7) is 7.74. The van der Waals surface area contributed by atoms with Gasteiger partial charge in [0.05, 0.1) is 5.69 Å². The monoisotopic (exact) mass is 559 g/mol. The molecule has 2 aromatic carbocycles. The van der Waals surface area contributed by atoms with E-state index in [0.29, 0.717) is 37.6 Å². The molecule has 1 fully saturated rings. The Hall–Kier alpha value is -4.04. The van der Waals surface area contributed by atoms with Crippen molar-refractivity contribution < 1.29 is 14.3 Å². The van der Waals surface area contributed by atoms with Crippen molar-refractivity contribution in [1.82, 2.24) is 20.2 Å². The molecule has 2 N–H and O–H groups in total. The van der Waals surface area contributed by atoms with Crippen LogP contribution in [0.2, 0.25) is 5.02 Å². The van der Waals surface area contributed by atoms with Crippen molar-refractivity contribution in [1.29, 1.82) is 0 Å². The number of carbonyl (C=O) groups excluding carboxylic acids is 2. The lowest BCUT2D eigenvalue weighted by atomic mass is 10.0. The second-order valence-electron chi connectivity index (χ2n) is 11.0. The molecule has 40 heavy (non-hydrogen) atoms. The fourth-order valence-electron chi connectivity index (χ4n) is 5.04. The number of hydrogen-bond acceptors (Lipinski definition) is 5. The molecule has 1 aliphatic rings. The number of alkyl carbamates (subject to hydrolysis) is 1. The van der Waals surface area contributed by atoms with Gasteiger partial charge in [0.25, 0.3) is 0 Å². The van der Waals surface area contributed by atoms with E-state index in [2.05, 4.69) is 38.4 Å². The predicted molar refractivity (Wildman–Crippen MR) is 159 cm³/mol. The number of halogens is 1. The van der Waals surface area contributed by atoms with Crippen LogP contribution in [-0.2, 0) is 16.0 Å². The third-order valence-corrected chi connectivity index (χ3v) is 7.14. The standard InChI is InChI=1S/C31H34ClN5O3/c1-31(2,3)40-30(39)35-26(19-21-9-11-23(32)12-10-21)29(38)37-17-15-36(16-18-37)27-24-13-14-33-28(24)34-20-25(27)22-7-5-4-6-8-22/h4-14,20,26H,15-19H2,1-3H3,(H,33,34)(H,35,39)/t26-/m1/s1. The van der Waals surface area contributed by atoms with Crippen LogP contribution in [0.15, 0.2) is 73.1 Å². The fourth-order valence-corrected chi connectivity index (χ4v) is 5.17. The van der Waals surface area contributed by atoms with Crippen LogP contribution in [-0.4, -0.2) is 64.7 Å². The maximum Gasteiger partial charge on any atom is 0.408 e. The third-order valence-electron chi connectivity index (χ3n) is 6.89. The number of pyridine rings is 1. The molecular weight excluding hydrogens is 526 g/mol. The zero-order chi connectivity index (χ0) is 28.3. The molecule has 0 bridgehead atoms. The van der Waals surface area contributed by atoms with Gasteiger partial charge in [0.2, 0.25) is 5.91 Å². The number of amides is 2. The molecule has 1 aliphatic heterocycles. The number of benzene rings is 2. The van der Waals surface area contributed by atoms with Gasteiger partial charge >= 0.3 is 6.09 Å². The van der Waals surface area contributed by atoms with Crippen molar-refractivity contribution in [3.63, 3.8) is 0 Å². The molecule has 0 spiro atoms. The number of aromatic nitrogens is 2. The van der Waals surface area contributed by atoms with E-state index in [9.17, 15) is 9.59 Å². The number of hydrogen-bond donors (Lipinski definition) is 2. The normalized spacial score (nSPS) is 14.7. The number of nitrogens with one attached hydrogen (secondary N) is 2. The SMILES string of the molecule is CC(C)(C)OC(=O)N[C@H](Cc1ccc(Cl)cc1)C(=O)N1CCN(c2c(-c3ccccc3)cnc3[nH]ccc23)CC1. The number of rotatable bonds is 6. The lowest BCUT2D eigenvalue weighted by Crippen LogP contribution is -2.56. The second kappa shape index (κ2) is 11.6. The van der Waals surface area contributed by atoms with Crippen LogP contribution in [0.25, 0.3) is 22.2 Å². The van der Waals surface area contributed by atoms with Crippen molar-refractivity contribution in [3.8, 4) is 11.1 Å². The molecule has 0 radical (unpaired) electrons. The first-order valence-corrected chi connectivity index (χ1v) is 13.8. The summed E-state index contributed by atoms with van der Waals surface area (Å²) in [6, 6.07) is 18.8. The van der Waals surface area contributed by atoms with Crippen molar-refractivity contribution in [2.24, 2.45) is 0 Å². The summed E-state index contributed by atoms with van der Waals surface area (Å²) >= 11 is 6.06. The van der Waals surface area contributed by atoms with E-state index in [0.717, 1.165) is 33.4 Å². The number of nitrogens with zero attached hydrogens (tertiary/aromatic N) is 3. The maximum absolute atomic E-state index is 13.8. The van der Waals surface area contributed by atoms with E-state index >= 15 is 0 Å². The Balaban J connectivity index is 1.35. The van der Waals surface area contributed by atoms with Crippen molar-refractivity contribution in [3.05, 3.63) is 83.6 Å². The summed E-state index contributed by atoms with van der Waals surface area (Å²) in [5.74, 6) is -0.134. The highest BCUT2D eigenvalue weighted by molar-refractivity contribution is 6.30. The van der Waals surface area contributed by atoms with Gasteiger partial charge in [-0.3, -0.25) is 4.79 Å². The molecule has 9 heteroatoms. The van der Waals surface area contributed by atoms with Crippen molar-refractivity contribution in [2.75, 3.05) is 31.1 Å². The van der Waals surface area contributed by atoms with E-state index in [4.69, 9.17) is 16.3 Å². The van der Waals surface area contributed by atoms with E-state index in [1.54, 1.807) is 32.9 Å². The predicted octanol–water partition coefficient (Wildman–Crippen LogP) is 5.67. The van der Waals surface area contributed by atoms with E-state index in [1.807, 2.05) is 47.6 Å². The Morgan fingerprint density at radius 1 is 1.02 bits per heavy atom. The van der Waals surface area contributed by atoms with Gasteiger partial charge in [-0.1, -0.05) is 54.1 Å². The lowest BCUT2D eigenvalue weighted by molar-refractivity contribution is -0.133. The lowest BCUT2D eigenvalue weighted by Gasteiger charge is -2.38. The second-order valence-corrected chi connectivity index (χ2v) is 11.4. The number of anilines is 1. The molecule has 0 aliphatic carbocycles. The van der Waals surface area contributed by atoms with Gasteiger partial charge in [0.1, 0.15) is 17.3 Å². The Labute approximate surface area is 239 Å². The van der Waals surface area contributed by atoms with Crippen LogP contribution in [0, 0.1) is 0 Å². The summed E-state index contributed by atoms with van der Waals surface area (Å²) in [5.41, 5.74) is 4.31. The molecule has 0 unspecified atom stereocenters. The Bertz CT molecular complexity index is 1470. The van der Waals surface area contributed by atoms with Crippen LogP contribution >= 0.6 is 11.6 Å². The van der Waals surface area contributed by atoms with Crippen LogP contribution in [0.3, 0.4) is 0 Å². The summed E-state index contributed by atoms with van der Waals surface area (Å²) in [6.07, 6.45) is 3.53. The molecule has 3 heterocycles. The number of aromatic amines is 1. The maximum atomic E-state index is 13.8. The number of H-pyrrole nitrogens is 1. The Morgan fingerprint density at radius 3 is 2.40 bits per heavy atom. The summed E-state index contributed by atoms with van der Waals surface area (Å²) in [5, 5.41) is 4.48. The Kier molecular flexibility index (Phi) is 7.98. The molecule has 8 nitrogen and oxygen atoms in total. The van der Waals surface area contributed by atoms with Crippen LogP contribution < -0.4 is 10.2 Å². The van der Waals surface area contributed by atoms with Crippen LogP contribution in [0.1, 0.15) is 26.3 Å². The number of carbonyl (C=O) groups is 2. The first-order chi connectivity index (χ1) is 19.2. The smallest absolute Gasteiger partial charge is 0.408 e. The van der Waals surface area contributed by atoms with E-state index < -0.39 is 17.7 Å². The number of piperazine rings is 1. The molecule has 1 atom stereocenters. The molecule has 5 rings (SSSR count). The van der Waals surface area contributed by atoms with Gasteiger partial charge in [0.15, 0.2) is 0 Å². The minimum Gasteiger partial charge on any atom is -0.444 e. The molecule has 4 aromatic rings. The highest BCUT2D eigenvalue weighted by atomic mass is 35.5. The highest BCUT2D eigenvalue weighted by Crippen LogP contribution is 2.36. The largest absolute Gasteiger partial charge is 0.444 e. The summed E-state index contributed by atoms with van der Waals surface area (Å²) < 4.78 is 5.47. The summed E-state index contributed by atoms with van der Waals surface area (Å²) in [7, 11) is 0. The van der Waals surface area contributed by atoms with Gasteiger partial charge in [0, 0.05) is 61.0 Å². The summed E-state index contributed by atoms with van der Waals surface area (Å²) in [4.78, 5) is 38.4. The van der Waals surface area contributed by atoms with Crippen LogP contribution in [0.5, 0.6) is 0 Å². The quantitative estimate of drug-likeness (QED) is 0.318. The number of ether oxygens (including phenoxy) is 1. The highest BCUT2D eigenvalue weighted by Gasteiger charge is 2.31. The van der Waals surface area contributed by atoms with Gasteiger partial charge in [-0.25, -0.2) is 9.78 Å². The Morgan fingerprint density at radius 2 is 1.73 bits per heavy atom. The third kappa shape index (κ3) is 6.39. The van der Waals surface area contributed by atoms with Gasteiger partial charge in [-0.15, -0.1) is 0 Å². The van der Waals surface area contributed by atoms with Crippen LogP contribution in [0.4, 0.5) is 10.5 Å². The molecule has 208 valence electrons. The average Bonchev–Trinajstić information content (AvgIpc) is 3.42. The minimum atomic E-state index is -0.764. The zero-order valence-corrected chi connectivity index (χ0v) is 23.7. The molecular formula is C31H34ClN5O3. The van der Waals surface area contributed by atoms with Gasteiger partial charge in [-0.05, 0) is 50.1 Å². The number of fused-ring (bicyclic) bond motifs is 1. The van der Waals surface area contributed by atoms with Crippen molar-refractivity contribution in [2.45, 2.75) is 38.8 Å². The first kappa shape index (κ1) is 27.5. The minimum absolute atomic E-state index is 0.134.